The maximum atomic E-state index is 5.19. The fourth-order valence-electron chi connectivity index (χ4n) is 2.44. The van der Waals surface area contributed by atoms with Gasteiger partial charge in [-0.25, -0.2) is 0 Å². The third kappa shape index (κ3) is 5.16. The van der Waals surface area contributed by atoms with Crippen LogP contribution in [0.3, 0.4) is 0 Å². The minimum absolute atomic E-state index is 0.476. The fraction of sp³-hybridized carbons (Fsp3) is 1.00. The number of ether oxygens (including phenoxy) is 2. The normalized spacial score (nSPS) is 18.4. The summed E-state index contributed by atoms with van der Waals surface area (Å²) in [7, 11) is 3.53. The van der Waals surface area contributed by atoms with Gasteiger partial charge in [0.1, 0.15) is 0 Å². The molecule has 0 atom stereocenters. The van der Waals surface area contributed by atoms with Gasteiger partial charge < -0.3 is 14.4 Å². The Kier molecular flexibility index (Phi) is 7.51. The van der Waals surface area contributed by atoms with Gasteiger partial charge in [-0.05, 0) is 30.4 Å². The molecular weight excluding hydrogens is 234 g/mol. The lowest BCUT2D eigenvalue weighted by molar-refractivity contribution is 0.0639. The molecule has 0 N–H and O–H groups in total. The molecule has 3 nitrogen and oxygen atoms in total. The third-order valence-corrected chi connectivity index (χ3v) is 4.41. The predicted molar refractivity (Wildman–Crippen MR) is 74.9 cm³/mol. The zero-order valence-electron chi connectivity index (χ0n) is 11.3. The highest BCUT2D eigenvalue weighted by Gasteiger charge is 2.36. The molecule has 0 unspecified atom stereocenters. The minimum Gasteiger partial charge on any atom is -0.385 e. The Hall–Kier alpha value is 0.230. The maximum absolute atomic E-state index is 5.19. The van der Waals surface area contributed by atoms with Crippen molar-refractivity contribution in [3.05, 3.63) is 0 Å². The Morgan fingerprint density at radius 3 is 2.29 bits per heavy atom. The summed E-state index contributed by atoms with van der Waals surface area (Å²) in [6, 6.07) is 0. The first-order chi connectivity index (χ1) is 8.26. The van der Waals surface area contributed by atoms with Crippen molar-refractivity contribution in [3.8, 4) is 0 Å². The molecule has 1 aliphatic carbocycles. The topological polar surface area (TPSA) is 21.7 Å². The summed E-state index contributed by atoms with van der Waals surface area (Å²) < 4.78 is 10.3. The summed E-state index contributed by atoms with van der Waals surface area (Å²) in [6.07, 6.45) is 5.15. The molecule has 0 spiro atoms. The number of methoxy groups -OCH3 is 2. The van der Waals surface area contributed by atoms with E-state index < -0.39 is 0 Å². The van der Waals surface area contributed by atoms with Crippen molar-refractivity contribution in [2.45, 2.75) is 25.7 Å². The fourth-order valence-corrected chi connectivity index (χ4v) is 2.86. The number of hydrogen-bond acceptors (Lipinski definition) is 4. The standard InChI is InChI=1S/C13H27NO2S/c1-15-9-4-7-14(8-10-16-2)11-13(12-17)5-3-6-13/h17H,3-12H2,1-2H3. The molecule has 1 fully saturated rings. The number of thiol groups is 1. The van der Waals surface area contributed by atoms with Crippen LogP contribution in [0.4, 0.5) is 0 Å². The van der Waals surface area contributed by atoms with Crippen molar-refractivity contribution < 1.29 is 9.47 Å². The SMILES string of the molecule is COCCCN(CCOC)CC1(CS)CCC1. The van der Waals surface area contributed by atoms with Crippen LogP contribution in [0.15, 0.2) is 0 Å². The molecule has 0 bridgehead atoms. The molecule has 4 heteroatoms. The van der Waals surface area contributed by atoms with Gasteiger partial charge in [0, 0.05) is 40.5 Å². The molecule has 0 aromatic rings. The van der Waals surface area contributed by atoms with Crippen molar-refractivity contribution in [3.63, 3.8) is 0 Å². The molecule has 0 amide bonds. The van der Waals surface area contributed by atoms with Crippen molar-refractivity contribution in [2.24, 2.45) is 5.41 Å². The number of rotatable bonds is 10. The molecule has 0 radical (unpaired) electrons. The average molecular weight is 261 g/mol. The molecule has 17 heavy (non-hydrogen) atoms. The first-order valence-corrected chi connectivity index (χ1v) is 7.21. The van der Waals surface area contributed by atoms with Gasteiger partial charge in [0.25, 0.3) is 0 Å². The molecule has 0 aromatic carbocycles. The smallest absolute Gasteiger partial charge is 0.0589 e. The van der Waals surface area contributed by atoms with E-state index in [9.17, 15) is 0 Å². The minimum atomic E-state index is 0.476. The first kappa shape index (κ1) is 15.3. The highest BCUT2D eigenvalue weighted by atomic mass is 32.1. The second kappa shape index (κ2) is 8.35. The Morgan fingerprint density at radius 1 is 1.12 bits per heavy atom. The summed E-state index contributed by atoms with van der Waals surface area (Å²) in [4.78, 5) is 2.51. The summed E-state index contributed by atoms with van der Waals surface area (Å²) in [5, 5.41) is 0. The lowest BCUT2D eigenvalue weighted by atomic mass is 9.70. The van der Waals surface area contributed by atoms with Gasteiger partial charge in [0.05, 0.1) is 6.61 Å². The quantitative estimate of drug-likeness (QED) is 0.481. The van der Waals surface area contributed by atoms with E-state index in [0.717, 1.165) is 38.5 Å². The lowest BCUT2D eigenvalue weighted by Gasteiger charge is -2.44. The number of hydrogen-bond donors (Lipinski definition) is 1. The zero-order chi connectivity index (χ0) is 12.6. The largest absolute Gasteiger partial charge is 0.385 e. The Bertz CT molecular complexity index is 192. The van der Waals surface area contributed by atoms with Crippen LogP contribution >= 0.6 is 12.6 Å². The van der Waals surface area contributed by atoms with Crippen LogP contribution in [0.5, 0.6) is 0 Å². The monoisotopic (exact) mass is 261 g/mol. The Morgan fingerprint density at radius 2 is 1.82 bits per heavy atom. The summed E-state index contributed by atoms with van der Waals surface area (Å²) in [5.41, 5.74) is 0.476. The lowest BCUT2D eigenvalue weighted by Crippen LogP contribution is -2.45. The van der Waals surface area contributed by atoms with Crippen molar-refractivity contribution >= 4 is 12.6 Å². The van der Waals surface area contributed by atoms with Crippen molar-refractivity contribution in [2.75, 3.05) is 52.8 Å². The third-order valence-electron chi connectivity index (χ3n) is 3.74. The van der Waals surface area contributed by atoms with Crippen molar-refractivity contribution in [1.82, 2.24) is 4.90 Å². The van der Waals surface area contributed by atoms with E-state index >= 15 is 0 Å². The molecule has 0 saturated heterocycles. The highest BCUT2D eigenvalue weighted by molar-refractivity contribution is 7.80. The maximum Gasteiger partial charge on any atom is 0.0589 e. The van der Waals surface area contributed by atoms with Crippen molar-refractivity contribution in [1.29, 1.82) is 0 Å². The van der Waals surface area contributed by atoms with E-state index in [2.05, 4.69) is 17.5 Å². The molecular formula is C13H27NO2S. The average Bonchev–Trinajstić information content (AvgIpc) is 2.30. The van der Waals surface area contributed by atoms with E-state index in [1.54, 1.807) is 14.2 Å². The molecule has 1 rings (SSSR count). The van der Waals surface area contributed by atoms with Gasteiger partial charge in [0.2, 0.25) is 0 Å². The van der Waals surface area contributed by atoms with Crippen LogP contribution in [-0.2, 0) is 9.47 Å². The van der Waals surface area contributed by atoms with Gasteiger partial charge in [-0.3, -0.25) is 0 Å². The van der Waals surface area contributed by atoms with Crippen LogP contribution in [-0.4, -0.2) is 57.7 Å². The number of nitrogens with zero attached hydrogens (tertiary/aromatic N) is 1. The van der Waals surface area contributed by atoms with Crippen LogP contribution < -0.4 is 0 Å². The Balaban J connectivity index is 2.33. The van der Waals surface area contributed by atoms with E-state index in [1.807, 2.05) is 0 Å². The molecule has 0 aromatic heterocycles. The van der Waals surface area contributed by atoms with Crippen LogP contribution in [0.2, 0.25) is 0 Å². The Labute approximate surface area is 111 Å². The molecule has 0 aliphatic heterocycles. The summed E-state index contributed by atoms with van der Waals surface area (Å²) >= 11 is 4.53. The van der Waals surface area contributed by atoms with E-state index in [-0.39, 0.29) is 0 Å². The molecule has 1 aliphatic rings. The molecule has 0 heterocycles. The van der Waals surface area contributed by atoms with Gasteiger partial charge in [-0.1, -0.05) is 6.42 Å². The second-order valence-corrected chi connectivity index (χ2v) is 5.44. The van der Waals surface area contributed by atoms with E-state index in [4.69, 9.17) is 9.47 Å². The van der Waals surface area contributed by atoms with E-state index in [1.165, 1.54) is 25.8 Å². The van der Waals surface area contributed by atoms with Crippen LogP contribution in [0, 0.1) is 5.41 Å². The van der Waals surface area contributed by atoms with Crippen LogP contribution in [0.25, 0.3) is 0 Å². The van der Waals surface area contributed by atoms with Gasteiger partial charge in [-0.15, -0.1) is 0 Å². The molecule has 102 valence electrons. The summed E-state index contributed by atoms with van der Waals surface area (Å²) in [5.74, 6) is 1.01. The zero-order valence-corrected chi connectivity index (χ0v) is 12.2. The first-order valence-electron chi connectivity index (χ1n) is 6.57. The van der Waals surface area contributed by atoms with Gasteiger partial charge in [-0.2, -0.15) is 12.6 Å². The van der Waals surface area contributed by atoms with Gasteiger partial charge in [0.15, 0.2) is 0 Å². The van der Waals surface area contributed by atoms with E-state index in [0.29, 0.717) is 5.41 Å². The van der Waals surface area contributed by atoms with Gasteiger partial charge >= 0.3 is 0 Å². The predicted octanol–water partition coefficient (Wildman–Crippen LogP) is 2.07. The summed E-state index contributed by atoms with van der Waals surface area (Å²) in [6.45, 7) is 4.96. The van der Waals surface area contributed by atoms with Crippen LogP contribution in [0.1, 0.15) is 25.7 Å². The highest BCUT2D eigenvalue weighted by Crippen LogP contribution is 2.42. The molecule has 1 saturated carbocycles. The second-order valence-electron chi connectivity index (χ2n) is 5.13.